The van der Waals surface area contributed by atoms with Gasteiger partial charge in [0.15, 0.2) is 0 Å². The van der Waals surface area contributed by atoms with Crippen LogP contribution in [0.5, 0.6) is 5.75 Å². The van der Waals surface area contributed by atoms with Crippen molar-refractivity contribution in [3.05, 3.63) is 23.2 Å². The maximum atomic E-state index is 12.1. The number of hydrogen-bond acceptors (Lipinski definition) is 3. The second-order valence-corrected chi connectivity index (χ2v) is 5.41. The summed E-state index contributed by atoms with van der Waals surface area (Å²) in [5.41, 5.74) is 0.724. The molecule has 0 spiro atoms. The number of benzene rings is 1. The highest BCUT2D eigenvalue weighted by Gasteiger charge is 2.21. The molecule has 118 valence electrons. The monoisotopic (exact) mass is 332 g/mol. The van der Waals surface area contributed by atoms with E-state index in [9.17, 15) is 4.79 Å². The fraction of sp³-hybridized carbons (Fsp3) is 0.533. The molecule has 0 bridgehead atoms. The van der Waals surface area contributed by atoms with E-state index in [2.05, 4.69) is 10.6 Å². The Morgan fingerprint density at radius 2 is 2.14 bits per heavy atom. The van der Waals surface area contributed by atoms with Gasteiger partial charge in [-0.3, -0.25) is 4.79 Å². The Labute approximate surface area is 137 Å². The van der Waals surface area contributed by atoms with Crippen LogP contribution in [-0.2, 0) is 4.79 Å². The third kappa shape index (κ3) is 5.38. The molecule has 2 N–H and O–H groups in total. The number of rotatable bonds is 5. The van der Waals surface area contributed by atoms with E-state index < -0.39 is 0 Å². The second-order valence-electron chi connectivity index (χ2n) is 5.01. The first-order valence-electron chi connectivity index (χ1n) is 7.14. The minimum absolute atomic E-state index is 0. The number of nitrogens with one attached hydrogen (secondary N) is 2. The van der Waals surface area contributed by atoms with Gasteiger partial charge in [-0.05, 0) is 50.6 Å². The number of carbonyl (C=O) groups excluding carboxylic acids is 1. The molecule has 1 heterocycles. The van der Waals surface area contributed by atoms with Crippen molar-refractivity contribution in [3.8, 4) is 5.75 Å². The van der Waals surface area contributed by atoms with Crippen LogP contribution in [0.4, 0.5) is 5.69 Å². The average molecular weight is 333 g/mol. The van der Waals surface area contributed by atoms with Crippen LogP contribution < -0.4 is 15.4 Å². The van der Waals surface area contributed by atoms with E-state index in [-0.39, 0.29) is 24.2 Å². The van der Waals surface area contributed by atoms with Gasteiger partial charge in [0.25, 0.3) is 0 Å². The Balaban J connectivity index is 0.00000220. The van der Waals surface area contributed by atoms with Crippen molar-refractivity contribution in [2.75, 3.05) is 25.0 Å². The Morgan fingerprint density at radius 3 is 2.76 bits per heavy atom. The van der Waals surface area contributed by atoms with Crippen LogP contribution in [0.15, 0.2) is 18.2 Å². The van der Waals surface area contributed by atoms with E-state index in [1.54, 1.807) is 12.1 Å². The molecule has 1 aromatic rings. The molecule has 1 fully saturated rings. The first kappa shape index (κ1) is 18.1. The molecule has 21 heavy (non-hydrogen) atoms. The van der Waals surface area contributed by atoms with Crippen LogP contribution in [-0.4, -0.2) is 25.6 Å². The zero-order chi connectivity index (χ0) is 14.4. The molecule has 0 aromatic heterocycles. The lowest BCUT2D eigenvalue weighted by Gasteiger charge is -2.21. The predicted octanol–water partition coefficient (Wildman–Crippen LogP) is 3.49. The first-order valence-corrected chi connectivity index (χ1v) is 7.52. The molecule has 0 atom stereocenters. The molecule has 1 aromatic carbocycles. The summed E-state index contributed by atoms with van der Waals surface area (Å²) in [6, 6.07) is 5.37. The highest BCUT2D eigenvalue weighted by molar-refractivity contribution is 6.32. The fourth-order valence-corrected chi connectivity index (χ4v) is 2.47. The van der Waals surface area contributed by atoms with Crippen molar-refractivity contribution in [2.45, 2.75) is 26.2 Å². The summed E-state index contributed by atoms with van der Waals surface area (Å²) in [7, 11) is 0. The van der Waals surface area contributed by atoms with Crippen molar-refractivity contribution in [3.63, 3.8) is 0 Å². The lowest BCUT2D eigenvalue weighted by atomic mass is 9.97. The summed E-state index contributed by atoms with van der Waals surface area (Å²) in [6.45, 7) is 4.49. The molecule has 6 heteroatoms. The Morgan fingerprint density at radius 1 is 1.43 bits per heavy atom. The maximum Gasteiger partial charge on any atom is 0.227 e. The summed E-state index contributed by atoms with van der Waals surface area (Å²) in [6.07, 6.45) is 2.71. The van der Waals surface area contributed by atoms with Gasteiger partial charge in [-0.2, -0.15) is 0 Å². The fourth-order valence-electron chi connectivity index (χ4n) is 2.24. The van der Waals surface area contributed by atoms with Gasteiger partial charge in [0.1, 0.15) is 5.75 Å². The van der Waals surface area contributed by atoms with Crippen molar-refractivity contribution >= 4 is 35.6 Å². The molecule has 2 rings (SSSR count). The van der Waals surface area contributed by atoms with Crippen molar-refractivity contribution in [1.82, 2.24) is 5.32 Å². The van der Waals surface area contributed by atoms with Crippen LogP contribution in [0, 0.1) is 5.92 Å². The summed E-state index contributed by atoms with van der Waals surface area (Å²) in [5.74, 6) is 0.823. The standard InChI is InChI=1S/C15H21ClN2O2.ClH/c1-2-9-20-14-4-3-12(10-13(14)16)18-15(19)11-5-7-17-8-6-11;/h3-4,10-11,17H,2,5-9H2,1H3,(H,18,19);1H. The van der Waals surface area contributed by atoms with Crippen LogP contribution in [0.2, 0.25) is 5.02 Å². The van der Waals surface area contributed by atoms with Gasteiger partial charge >= 0.3 is 0 Å². The van der Waals surface area contributed by atoms with Gasteiger partial charge in [0, 0.05) is 11.6 Å². The zero-order valence-corrected chi connectivity index (χ0v) is 13.7. The van der Waals surface area contributed by atoms with E-state index in [4.69, 9.17) is 16.3 Å². The van der Waals surface area contributed by atoms with Crippen molar-refractivity contribution in [2.24, 2.45) is 5.92 Å². The largest absolute Gasteiger partial charge is 0.492 e. The minimum atomic E-state index is 0. The average Bonchev–Trinajstić information content (AvgIpc) is 2.47. The molecular formula is C15H22Cl2N2O2. The van der Waals surface area contributed by atoms with Gasteiger partial charge in [0.05, 0.1) is 11.6 Å². The molecule has 1 saturated heterocycles. The van der Waals surface area contributed by atoms with Gasteiger partial charge in [-0.1, -0.05) is 18.5 Å². The third-order valence-corrected chi connectivity index (χ3v) is 3.67. The molecule has 1 aliphatic heterocycles. The smallest absolute Gasteiger partial charge is 0.227 e. The molecule has 0 unspecified atom stereocenters. The number of piperidine rings is 1. The molecule has 1 aliphatic rings. The van der Waals surface area contributed by atoms with Crippen LogP contribution in [0.25, 0.3) is 0 Å². The predicted molar refractivity (Wildman–Crippen MR) is 88.7 cm³/mol. The van der Waals surface area contributed by atoms with E-state index >= 15 is 0 Å². The third-order valence-electron chi connectivity index (χ3n) is 3.37. The Hall–Kier alpha value is -0.970. The molecule has 1 amide bonds. The lowest BCUT2D eigenvalue weighted by molar-refractivity contribution is -0.120. The Kier molecular flexibility index (Phi) is 7.86. The number of halogens is 2. The highest BCUT2D eigenvalue weighted by Crippen LogP contribution is 2.28. The Bertz CT molecular complexity index is 463. The van der Waals surface area contributed by atoms with E-state index in [1.807, 2.05) is 13.0 Å². The molecule has 0 saturated carbocycles. The number of carbonyl (C=O) groups is 1. The van der Waals surface area contributed by atoms with Crippen molar-refractivity contribution < 1.29 is 9.53 Å². The van der Waals surface area contributed by atoms with Crippen LogP contribution >= 0.6 is 24.0 Å². The normalized spacial score (nSPS) is 15.1. The number of amides is 1. The van der Waals surface area contributed by atoms with Gasteiger partial charge in [-0.25, -0.2) is 0 Å². The van der Waals surface area contributed by atoms with Gasteiger partial charge < -0.3 is 15.4 Å². The van der Waals surface area contributed by atoms with Crippen molar-refractivity contribution in [1.29, 1.82) is 0 Å². The second kappa shape index (κ2) is 9.13. The summed E-state index contributed by atoms with van der Waals surface area (Å²) in [4.78, 5) is 12.1. The molecule has 4 nitrogen and oxygen atoms in total. The zero-order valence-electron chi connectivity index (χ0n) is 12.2. The van der Waals surface area contributed by atoms with Gasteiger partial charge in [0.2, 0.25) is 5.91 Å². The lowest BCUT2D eigenvalue weighted by Crippen LogP contribution is -2.34. The molecule has 0 aliphatic carbocycles. The minimum Gasteiger partial charge on any atom is -0.492 e. The van der Waals surface area contributed by atoms with E-state index in [0.29, 0.717) is 17.4 Å². The topological polar surface area (TPSA) is 50.4 Å². The molecule has 0 radical (unpaired) electrons. The maximum absolute atomic E-state index is 12.1. The van der Waals surface area contributed by atoms with Crippen LogP contribution in [0.3, 0.4) is 0 Å². The summed E-state index contributed by atoms with van der Waals surface area (Å²) in [5, 5.41) is 6.71. The van der Waals surface area contributed by atoms with Crippen LogP contribution in [0.1, 0.15) is 26.2 Å². The summed E-state index contributed by atoms with van der Waals surface area (Å²) < 4.78 is 5.51. The molecular weight excluding hydrogens is 311 g/mol. The SMILES string of the molecule is CCCOc1ccc(NC(=O)C2CCNCC2)cc1Cl.Cl. The quantitative estimate of drug-likeness (QED) is 0.867. The number of ether oxygens (including phenoxy) is 1. The first-order chi connectivity index (χ1) is 9.70. The number of anilines is 1. The van der Waals surface area contributed by atoms with E-state index in [1.165, 1.54) is 0 Å². The van der Waals surface area contributed by atoms with E-state index in [0.717, 1.165) is 38.0 Å². The summed E-state index contributed by atoms with van der Waals surface area (Å²) >= 11 is 6.15. The number of hydrogen-bond donors (Lipinski definition) is 2. The highest BCUT2D eigenvalue weighted by atomic mass is 35.5. The van der Waals surface area contributed by atoms with Gasteiger partial charge in [-0.15, -0.1) is 12.4 Å².